The molecule has 1 aromatic rings. The molecule has 0 unspecified atom stereocenters. The summed E-state index contributed by atoms with van der Waals surface area (Å²) in [7, 11) is 0. The van der Waals surface area contributed by atoms with Crippen molar-refractivity contribution in [2.75, 3.05) is 6.54 Å². The molecule has 0 saturated carbocycles. The van der Waals surface area contributed by atoms with Crippen LogP contribution < -0.4 is 0 Å². The predicted octanol–water partition coefficient (Wildman–Crippen LogP) is 0.760. The summed E-state index contributed by atoms with van der Waals surface area (Å²) < 4.78 is 0. The number of hydrogen-bond acceptors (Lipinski definition) is 3. The van der Waals surface area contributed by atoms with Crippen molar-refractivity contribution in [1.82, 2.24) is 4.90 Å². The summed E-state index contributed by atoms with van der Waals surface area (Å²) in [6.45, 7) is -0.118. The number of carbonyl (C=O) groups is 3. The normalized spacial score (nSPS) is 9.50. The second-order valence-electron chi connectivity index (χ2n) is 3.11. The zero-order valence-electron chi connectivity index (χ0n) is 8.50. The molecule has 0 spiro atoms. The van der Waals surface area contributed by atoms with Gasteiger partial charge in [0.2, 0.25) is 6.41 Å². The van der Waals surface area contributed by atoms with Gasteiger partial charge in [-0.2, -0.15) is 0 Å². The van der Waals surface area contributed by atoms with Crippen molar-refractivity contribution >= 4 is 18.3 Å². The number of benzene rings is 1. The molecule has 1 aromatic carbocycles. The van der Waals surface area contributed by atoms with Gasteiger partial charge in [0.1, 0.15) is 0 Å². The lowest BCUT2D eigenvalue weighted by atomic mass is 10.2. The van der Waals surface area contributed by atoms with E-state index in [0.29, 0.717) is 12.0 Å². The molecule has 0 heterocycles. The minimum absolute atomic E-state index is 0.118. The second-order valence-corrected chi connectivity index (χ2v) is 3.11. The molecule has 0 aliphatic carbocycles. The zero-order valence-corrected chi connectivity index (χ0v) is 8.50. The van der Waals surface area contributed by atoms with Gasteiger partial charge in [0.15, 0.2) is 0 Å². The van der Waals surface area contributed by atoms with Crippen LogP contribution in [0.1, 0.15) is 16.8 Å². The van der Waals surface area contributed by atoms with Crippen molar-refractivity contribution in [3.05, 3.63) is 35.9 Å². The van der Waals surface area contributed by atoms with Gasteiger partial charge in [-0.1, -0.05) is 18.2 Å². The molecule has 16 heavy (non-hydrogen) atoms. The van der Waals surface area contributed by atoms with E-state index in [-0.39, 0.29) is 13.0 Å². The Kier molecular flexibility index (Phi) is 4.20. The molecule has 0 bridgehead atoms. The number of amides is 2. The number of rotatable bonds is 5. The number of carboxylic acids is 1. The molecule has 0 atom stereocenters. The van der Waals surface area contributed by atoms with Gasteiger partial charge >= 0.3 is 5.97 Å². The molecule has 0 fully saturated rings. The summed E-state index contributed by atoms with van der Waals surface area (Å²) >= 11 is 0. The molecule has 84 valence electrons. The molecule has 2 amide bonds. The number of carbonyl (C=O) groups excluding carboxylic acids is 2. The molecule has 1 rings (SSSR count). The Morgan fingerprint density at radius 1 is 1.25 bits per heavy atom. The lowest BCUT2D eigenvalue weighted by molar-refractivity contribution is -0.137. The smallest absolute Gasteiger partial charge is 0.305 e. The van der Waals surface area contributed by atoms with E-state index in [4.69, 9.17) is 5.11 Å². The summed E-state index contributed by atoms with van der Waals surface area (Å²) in [5.41, 5.74) is 0.361. The Labute approximate surface area is 92.3 Å². The SMILES string of the molecule is O=CN(CCC(=O)O)C(=O)c1ccccc1. The van der Waals surface area contributed by atoms with E-state index in [2.05, 4.69) is 0 Å². The summed E-state index contributed by atoms with van der Waals surface area (Å²) in [6, 6.07) is 8.24. The van der Waals surface area contributed by atoms with Crippen molar-refractivity contribution in [2.24, 2.45) is 0 Å². The molecule has 5 heteroatoms. The van der Waals surface area contributed by atoms with Crippen LogP contribution in [0.25, 0.3) is 0 Å². The van der Waals surface area contributed by atoms with Gasteiger partial charge in [0.25, 0.3) is 5.91 Å². The number of imide groups is 1. The van der Waals surface area contributed by atoms with Gasteiger partial charge in [0.05, 0.1) is 6.42 Å². The molecule has 0 aliphatic heterocycles. The van der Waals surface area contributed by atoms with Crippen LogP contribution in [0.15, 0.2) is 30.3 Å². The number of carboxylic acid groups (broad SMARTS) is 1. The number of aliphatic carboxylic acids is 1. The summed E-state index contributed by atoms with van der Waals surface area (Å²) in [6.07, 6.45) is 0.0928. The van der Waals surface area contributed by atoms with Crippen molar-refractivity contribution in [3.63, 3.8) is 0 Å². The monoisotopic (exact) mass is 221 g/mol. The average molecular weight is 221 g/mol. The highest BCUT2D eigenvalue weighted by molar-refractivity contribution is 5.99. The van der Waals surface area contributed by atoms with Crippen LogP contribution in [0, 0.1) is 0 Å². The van der Waals surface area contributed by atoms with Gasteiger partial charge in [-0.15, -0.1) is 0 Å². The van der Waals surface area contributed by atoms with Crippen LogP contribution in [0.2, 0.25) is 0 Å². The number of hydrogen-bond donors (Lipinski definition) is 1. The van der Waals surface area contributed by atoms with Crippen molar-refractivity contribution in [1.29, 1.82) is 0 Å². The predicted molar refractivity (Wildman–Crippen MR) is 55.8 cm³/mol. The molecular formula is C11H11NO4. The fourth-order valence-corrected chi connectivity index (χ4v) is 1.16. The Bertz CT molecular complexity index is 388. The van der Waals surface area contributed by atoms with Crippen LogP contribution in [0.3, 0.4) is 0 Å². The van der Waals surface area contributed by atoms with E-state index < -0.39 is 11.9 Å². The summed E-state index contributed by atoms with van der Waals surface area (Å²) in [4.78, 5) is 33.5. The third kappa shape index (κ3) is 3.20. The molecule has 0 aromatic heterocycles. The Hall–Kier alpha value is -2.17. The summed E-state index contributed by atoms with van der Waals surface area (Å²) in [5.74, 6) is -1.54. The van der Waals surface area contributed by atoms with Crippen LogP contribution in [0.5, 0.6) is 0 Å². The third-order valence-corrected chi connectivity index (χ3v) is 1.98. The minimum Gasteiger partial charge on any atom is -0.481 e. The van der Waals surface area contributed by atoms with Crippen LogP contribution >= 0.6 is 0 Å². The maximum absolute atomic E-state index is 11.7. The molecule has 0 saturated heterocycles. The molecule has 1 N–H and O–H groups in total. The van der Waals surface area contributed by atoms with Gasteiger partial charge in [-0.25, -0.2) is 0 Å². The first-order chi connectivity index (χ1) is 7.65. The largest absolute Gasteiger partial charge is 0.481 e. The van der Waals surface area contributed by atoms with E-state index in [9.17, 15) is 14.4 Å². The zero-order chi connectivity index (χ0) is 12.0. The van der Waals surface area contributed by atoms with Crippen molar-refractivity contribution < 1.29 is 19.5 Å². The first-order valence-corrected chi connectivity index (χ1v) is 4.68. The maximum Gasteiger partial charge on any atom is 0.305 e. The van der Waals surface area contributed by atoms with Crippen molar-refractivity contribution in [2.45, 2.75) is 6.42 Å². The highest BCUT2D eigenvalue weighted by Crippen LogP contribution is 2.03. The Balaban J connectivity index is 2.70. The van der Waals surface area contributed by atoms with E-state index >= 15 is 0 Å². The lowest BCUT2D eigenvalue weighted by Gasteiger charge is -2.13. The molecule has 5 nitrogen and oxygen atoms in total. The highest BCUT2D eigenvalue weighted by atomic mass is 16.4. The standard InChI is InChI=1S/C11H11NO4/c13-8-12(7-6-10(14)15)11(16)9-4-2-1-3-5-9/h1-5,8H,6-7H2,(H,14,15). The van der Waals surface area contributed by atoms with E-state index in [1.807, 2.05) is 0 Å². The first-order valence-electron chi connectivity index (χ1n) is 4.68. The third-order valence-electron chi connectivity index (χ3n) is 1.98. The van der Waals surface area contributed by atoms with E-state index in [0.717, 1.165) is 4.90 Å². The van der Waals surface area contributed by atoms with Gasteiger partial charge in [-0.05, 0) is 12.1 Å². The van der Waals surface area contributed by atoms with E-state index in [1.54, 1.807) is 30.3 Å². The van der Waals surface area contributed by atoms with Crippen molar-refractivity contribution in [3.8, 4) is 0 Å². The maximum atomic E-state index is 11.7. The van der Waals surface area contributed by atoms with Crippen LogP contribution in [-0.2, 0) is 9.59 Å². The fourth-order valence-electron chi connectivity index (χ4n) is 1.16. The molecular weight excluding hydrogens is 210 g/mol. The van der Waals surface area contributed by atoms with Crippen LogP contribution in [0.4, 0.5) is 0 Å². The van der Waals surface area contributed by atoms with Gasteiger partial charge in [0, 0.05) is 12.1 Å². The van der Waals surface area contributed by atoms with E-state index in [1.165, 1.54) is 0 Å². The average Bonchev–Trinajstić information content (AvgIpc) is 2.30. The fraction of sp³-hybridized carbons (Fsp3) is 0.182. The number of nitrogens with zero attached hydrogens (tertiary/aromatic N) is 1. The molecule has 0 aliphatic rings. The quantitative estimate of drug-likeness (QED) is 0.745. The van der Waals surface area contributed by atoms with Gasteiger partial charge < -0.3 is 5.11 Å². The lowest BCUT2D eigenvalue weighted by Crippen LogP contribution is -2.31. The first kappa shape index (κ1) is 11.9. The summed E-state index contributed by atoms with van der Waals surface area (Å²) in [5, 5.41) is 8.46. The second kappa shape index (κ2) is 5.65. The highest BCUT2D eigenvalue weighted by Gasteiger charge is 2.15. The minimum atomic E-state index is -1.05. The Morgan fingerprint density at radius 2 is 1.88 bits per heavy atom. The topological polar surface area (TPSA) is 74.7 Å². The van der Waals surface area contributed by atoms with Crippen LogP contribution in [-0.4, -0.2) is 34.8 Å². The molecule has 0 radical (unpaired) electrons. The Morgan fingerprint density at radius 3 is 2.38 bits per heavy atom. The van der Waals surface area contributed by atoms with Gasteiger partial charge in [-0.3, -0.25) is 19.3 Å².